The van der Waals surface area contributed by atoms with Crippen molar-refractivity contribution >= 4 is 34.6 Å². The third kappa shape index (κ3) is 5.58. The molecule has 1 aromatic heterocycles. The summed E-state index contributed by atoms with van der Waals surface area (Å²) in [6.07, 6.45) is -0.727. The van der Waals surface area contributed by atoms with Gasteiger partial charge < -0.3 is 19.2 Å². The standard InChI is InChI=1S/C21H18ClNO6/c1-13-9-20(25)28-17-11-18(16(22)10-15(13)17)29-19(24)7-8-23-21(26)27-12-14-5-3-2-4-6-14/h2-6,9-11H,7-8,12H2,1H3,(H,23,26). The molecule has 0 aliphatic carbocycles. The number of aryl methyl sites for hydroxylation is 1. The predicted octanol–water partition coefficient (Wildman–Crippen LogP) is 3.98. The van der Waals surface area contributed by atoms with Gasteiger partial charge in [-0.25, -0.2) is 9.59 Å². The summed E-state index contributed by atoms with van der Waals surface area (Å²) < 4.78 is 15.4. The van der Waals surface area contributed by atoms with Crippen molar-refractivity contribution in [1.82, 2.24) is 5.32 Å². The third-order valence-corrected chi connectivity index (χ3v) is 4.33. The lowest BCUT2D eigenvalue weighted by molar-refractivity contribution is -0.134. The van der Waals surface area contributed by atoms with Gasteiger partial charge in [-0.2, -0.15) is 0 Å². The molecule has 0 aliphatic heterocycles. The van der Waals surface area contributed by atoms with Crippen LogP contribution in [0, 0.1) is 6.92 Å². The summed E-state index contributed by atoms with van der Waals surface area (Å²) in [5.41, 5.74) is 1.32. The largest absolute Gasteiger partial charge is 0.445 e. The van der Waals surface area contributed by atoms with Gasteiger partial charge in [-0.3, -0.25) is 4.79 Å². The molecule has 0 spiro atoms. The fraction of sp³-hybridized carbons (Fsp3) is 0.190. The van der Waals surface area contributed by atoms with Crippen LogP contribution in [0.25, 0.3) is 11.0 Å². The highest BCUT2D eigenvalue weighted by Gasteiger charge is 2.13. The number of fused-ring (bicyclic) bond motifs is 1. The van der Waals surface area contributed by atoms with Gasteiger partial charge >= 0.3 is 17.7 Å². The Hall–Kier alpha value is -3.32. The van der Waals surface area contributed by atoms with Gasteiger partial charge in [0.1, 0.15) is 12.2 Å². The summed E-state index contributed by atoms with van der Waals surface area (Å²) in [6.45, 7) is 1.92. The molecular formula is C21H18ClNO6. The van der Waals surface area contributed by atoms with Crippen LogP contribution in [-0.2, 0) is 16.1 Å². The first-order valence-corrected chi connectivity index (χ1v) is 9.19. The molecule has 0 unspecified atom stereocenters. The first kappa shape index (κ1) is 20.4. The number of alkyl carbamates (subject to hydrolysis) is 1. The molecule has 8 heteroatoms. The van der Waals surface area contributed by atoms with Gasteiger partial charge in [0.15, 0.2) is 5.75 Å². The number of carbonyl (C=O) groups is 2. The van der Waals surface area contributed by atoms with Gasteiger partial charge in [0.25, 0.3) is 0 Å². The number of benzene rings is 2. The van der Waals surface area contributed by atoms with Crippen LogP contribution in [-0.4, -0.2) is 18.6 Å². The molecule has 7 nitrogen and oxygen atoms in total. The van der Waals surface area contributed by atoms with E-state index in [1.165, 1.54) is 12.1 Å². The minimum absolute atomic E-state index is 0.0336. The van der Waals surface area contributed by atoms with Crippen LogP contribution in [0.1, 0.15) is 17.5 Å². The number of rotatable bonds is 6. The van der Waals surface area contributed by atoms with Crippen molar-refractivity contribution in [1.29, 1.82) is 0 Å². The minimum atomic E-state index is -0.636. The molecule has 0 saturated carbocycles. The van der Waals surface area contributed by atoms with Crippen molar-refractivity contribution in [3.05, 3.63) is 75.1 Å². The highest BCUT2D eigenvalue weighted by molar-refractivity contribution is 6.33. The molecule has 1 heterocycles. The minimum Gasteiger partial charge on any atom is -0.445 e. The molecule has 0 fully saturated rings. The van der Waals surface area contributed by atoms with Crippen LogP contribution in [0.2, 0.25) is 5.02 Å². The van der Waals surface area contributed by atoms with Gasteiger partial charge in [0.05, 0.1) is 11.4 Å². The van der Waals surface area contributed by atoms with Gasteiger partial charge in [-0.05, 0) is 24.1 Å². The smallest absolute Gasteiger partial charge is 0.407 e. The molecular weight excluding hydrogens is 398 g/mol. The van der Waals surface area contributed by atoms with Crippen molar-refractivity contribution < 1.29 is 23.5 Å². The fourth-order valence-electron chi connectivity index (χ4n) is 2.61. The molecule has 0 saturated heterocycles. The zero-order valence-electron chi connectivity index (χ0n) is 15.6. The van der Waals surface area contributed by atoms with Crippen LogP contribution < -0.4 is 15.7 Å². The SMILES string of the molecule is Cc1cc(=O)oc2cc(OC(=O)CCNC(=O)OCc3ccccc3)c(Cl)cc12. The number of amides is 1. The molecule has 0 aliphatic rings. The van der Waals surface area contributed by atoms with Crippen LogP contribution in [0.4, 0.5) is 4.79 Å². The quantitative estimate of drug-likeness (QED) is 0.372. The molecule has 150 valence electrons. The average Bonchev–Trinajstić information content (AvgIpc) is 2.68. The summed E-state index contributed by atoms with van der Waals surface area (Å²) in [5.74, 6) is -0.533. The molecule has 0 bridgehead atoms. The second-order valence-corrected chi connectivity index (χ2v) is 6.65. The van der Waals surface area contributed by atoms with Crippen molar-refractivity contribution in [2.24, 2.45) is 0 Å². The van der Waals surface area contributed by atoms with Crippen LogP contribution in [0.15, 0.2) is 57.7 Å². The maximum Gasteiger partial charge on any atom is 0.407 e. The lowest BCUT2D eigenvalue weighted by atomic mass is 10.1. The normalized spacial score (nSPS) is 10.6. The molecule has 29 heavy (non-hydrogen) atoms. The average molecular weight is 416 g/mol. The Morgan fingerprint density at radius 1 is 1.14 bits per heavy atom. The lowest BCUT2D eigenvalue weighted by Crippen LogP contribution is -2.27. The van der Waals surface area contributed by atoms with E-state index in [0.29, 0.717) is 10.9 Å². The number of ether oxygens (including phenoxy) is 2. The van der Waals surface area contributed by atoms with E-state index in [9.17, 15) is 14.4 Å². The Bertz CT molecular complexity index is 1090. The second-order valence-electron chi connectivity index (χ2n) is 6.24. The highest BCUT2D eigenvalue weighted by atomic mass is 35.5. The summed E-state index contributed by atoms with van der Waals surface area (Å²) in [7, 11) is 0. The third-order valence-electron chi connectivity index (χ3n) is 4.04. The Labute approximate surface area is 171 Å². The Morgan fingerprint density at radius 3 is 2.66 bits per heavy atom. The Balaban J connectivity index is 1.51. The maximum atomic E-state index is 12.0. The number of hydrogen-bond acceptors (Lipinski definition) is 6. The van der Waals surface area contributed by atoms with E-state index in [2.05, 4.69) is 5.32 Å². The van der Waals surface area contributed by atoms with Gasteiger partial charge in [0.2, 0.25) is 0 Å². The monoisotopic (exact) mass is 415 g/mol. The first-order chi connectivity index (χ1) is 13.9. The van der Waals surface area contributed by atoms with Crippen molar-refractivity contribution in [3.63, 3.8) is 0 Å². The summed E-state index contributed by atoms with van der Waals surface area (Å²) in [4.78, 5) is 35.2. The zero-order chi connectivity index (χ0) is 20.8. The van der Waals surface area contributed by atoms with Crippen LogP contribution >= 0.6 is 11.6 Å². The van der Waals surface area contributed by atoms with Crippen molar-refractivity contribution in [2.45, 2.75) is 20.0 Å². The second kappa shape index (κ2) is 9.25. The van der Waals surface area contributed by atoms with E-state index in [-0.39, 0.29) is 35.9 Å². The summed E-state index contributed by atoms with van der Waals surface area (Å²) in [6, 6.07) is 13.5. The number of nitrogens with one attached hydrogen (secondary N) is 1. The van der Waals surface area contributed by atoms with Crippen molar-refractivity contribution in [3.8, 4) is 5.75 Å². The van der Waals surface area contributed by atoms with Crippen LogP contribution in [0.5, 0.6) is 5.75 Å². The van der Waals surface area contributed by atoms with E-state index in [4.69, 9.17) is 25.5 Å². The molecule has 3 rings (SSSR count). The number of halogens is 1. The molecule has 2 aromatic carbocycles. The summed E-state index contributed by atoms with van der Waals surface area (Å²) >= 11 is 6.16. The van der Waals surface area contributed by atoms with E-state index in [1.54, 1.807) is 13.0 Å². The van der Waals surface area contributed by atoms with Crippen molar-refractivity contribution in [2.75, 3.05) is 6.54 Å². The molecule has 0 radical (unpaired) electrons. The molecule has 3 aromatic rings. The number of esters is 1. The van der Waals surface area contributed by atoms with E-state index in [1.807, 2.05) is 30.3 Å². The van der Waals surface area contributed by atoms with E-state index in [0.717, 1.165) is 5.56 Å². The Kier molecular flexibility index (Phi) is 6.51. The zero-order valence-corrected chi connectivity index (χ0v) is 16.3. The Morgan fingerprint density at radius 2 is 1.90 bits per heavy atom. The summed E-state index contributed by atoms with van der Waals surface area (Å²) in [5, 5.41) is 3.33. The van der Waals surface area contributed by atoms with E-state index >= 15 is 0 Å². The topological polar surface area (TPSA) is 94.8 Å². The molecule has 1 amide bonds. The van der Waals surface area contributed by atoms with Crippen LogP contribution in [0.3, 0.4) is 0 Å². The fourth-order valence-corrected chi connectivity index (χ4v) is 2.81. The molecule has 1 N–H and O–H groups in total. The lowest BCUT2D eigenvalue weighted by Gasteiger charge is -2.09. The van der Waals surface area contributed by atoms with E-state index < -0.39 is 17.7 Å². The number of hydrogen-bond donors (Lipinski definition) is 1. The maximum absolute atomic E-state index is 12.0. The predicted molar refractivity (Wildman–Crippen MR) is 107 cm³/mol. The van der Waals surface area contributed by atoms with Gasteiger partial charge in [0, 0.05) is 24.1 Å². The van der Waals surface area contributed by atoms with Gasteiger partial charge in [-0.15, -0.1) is 0 Å². The molecule has 0 atom stereocenters. The highest BCUT2D eigenvalue weighted by Crippen LogP contribution is 2.31. The first-order valence-electron chi connectivity index (χ1n) is 8.81. The van der Waals surface area contributed by atoms with Gasteiger partial charge in [-0.1, -0.05) is 41.9 Å². The number of carbonyl (C=O) groups excluding carboxylic acids is 2.